The first kappa shape index (κ1) is 25.5. The summed E-state index contributed by atoms with van der Waals surface area (Å²) in [6, 6.07) is 9.51. The second-order valence-corrected chi connectivity index (χ2v) is 7.41. The zero-order valence-corrected chi connectivity index (χ0v) is 18.3. The van der Waals surface area contributed by atoms with Gasteiger partial charge in [-0.1, -0.05) is 36.8 Å². The third-order valence-electron chi connectivity index (χ3n) is 3.75. The van der Waals surface area contributed by atoms with E-state index in [1.54, 1.807) is 58.0 Å². The fraction of sp³-hybridized carbons (Fsp3) is 0.455. The molecule has 1 aromatic carbocycles. The fourth-order valence-electron chi connectivity index (χ4n) is 2.51. The van der Waals surface area contributed by atoms with Gasteiger partial charge in [0.1, 0.15) is 18.2 Å². The number of carbonyl (C=O) groups is 4. The summed E-state index contributed by atoms with van der Waals surface area (Å²) in [5, 5.41) is 4.93. The summed E-state index contributed by atoms with van der Waals surface area (Å²) >= 11 is 0. The molecule has 1 rings (SSSR count). The lowest BCUT2D eigenvalue weighted by molar-refractivity contribution is -0.143. The Bertz CT molecular complexity index is 811. The zero-order valence-electron chi connectivity index (χ0n) is 18.3. The van der Waals surface area contributed by atoms with Gasteiger partial charge in [0, 0.05) is 12.6 Å². The Balaban J connectivity index is 2.91. The number of amides is 3. The van der Waals surface area contributed by atoms with Gasteiger partial charge in [0.2, 0.25) is 5.91 Å². The van der Waals surface area contributed by atoms with Crippen molar-refractivity contribution >= 4 is 23.9 Å². The van der Waals surface area contributed by atoms with Crippen molar-refractivity contribution in [3.63, 3.8) is 0 Å². The Morgan fingerprint density at radius 3 is 2.32 bits per heavy atom. The molecule has 9 nitrogen and oxygen atoms in total. The molecule has 0 heterocycles. The van der Waals surface area contributed by atoms with E-state index in [4.69, 9.17) is 15.9 Å². The van der Waals surface area contributed by atoms with Crippen LogP contribution in [0, 0.1) is 12.5 Å². The number of esters is 1. The molecule has 0 saturated heterocycles. The van der Waals surface area contributed by atoms with Crippen molar-refractivity contribution in [2.24, 2.45) is 0 Å². The Hall–Kier alpha value is -3.54. The Kier molecular flexibility index (Phi) is 10.1. The minimum atomic E-state index is -1.15. The van der Waals surface area contributed by atoms with E-state index in [1.165, 1.54) is 0 Å². The van der Waals surface area contributed by atoms with Crippen LogP contribution < -0.4 is 10.6 Å². The molecule has 168 valence electrons. The molecule has 1 aromatic rings. The first-order valence-corrected chi connectivity index (χ1v) is 9.82. The summed E-state index contributed by atoms with van der Waals surface area (Å²) in [5.41, 5.74) is -0.260. The van der Waals surface area contributed by atoms with Gasteiger partial charge in [0.25, 0.3) is 5.91 Å². The number of ether oxygens (including phenoxy) is 2. The summed E-state index contributed by atoms with van der Waals surface area (Å²) < 4.78 is 9.92. The molecule has 0 aliphatic rings. The van der Waals surface area contributed by atoms with Crippen molar-refractivity contribution < 1.29 is 28.7 Å². The van der Waals surface area contributed by atoms with E-state index in [2.05, 4.69) is 16.7 Å². The summed E-state index contributed by atoms with van der Waals surface area (Å²) in [6.07, 6.45) is 4.72. The summed E-state index contributed by atoms with van der Waals surface area (Å²) in [5.74, 6) is -1.70. The Labute approximate surface area is 182 Å². The minimum absolute atomic E-state index is 0.0176. The molecule has 0 fully saturated rings. The number of rotatable bonds is 9. The van der Waals surface area contributed by atoms with Gasteiger partial charge in [0.05, 0.1) is 13.0 Å². The van der Waals surface area contributed by atoms with Crippen LogP contribution in [0.3, 0.4) is 0 Å². The highest BCUT2D eigenvalue weighted by Gasteiger charge is 2.31. The molecule has 0 aromatic heterocycles. The molecule has 0 spiro atoms. The van der Waals surface area contributed by atoms with Crippen molar-refractivity contribution in [1.82, 2.24) is 15.5 Å². The average Bonchev–Trinajstić information content (AvgIpc) is 2.69. The number of hydrogen-bond acceptors (Lipinski definition) is 6. The van der Waals surface area contributed by atoms with Gasteiger partial charge in [-0.2, -0.15) is 0 Å². The van der Waals surface area contributed by atoms with Crippen LogP contribution in [0.5, 0.6) is 0 Å². The molecule has 0 aliphatic carbocycles. The van der Waals surface area contributed by atoms with E-state index in [9.17, 15) is 19.2 Å². The maximum atomic E-state index is 12.8. The van der Waals surface area contributed by atoms with E-state index in [0.29, 0.717) is 5.56 Å². The lowest BCUT2D eigenvalue weighted by Crippen LogP contribution is -2.46. The van der Waals surface area contributed by atoms with E-state index in [0.717, 1.165) is 4.90 Å². The number of terminal acetylenes is 1. The molecule has 0 aliphatic heterocycles. The predicted molar refractivity (Wildman–Crippen MR) is 113 cm³/mol. The molecular weight excluding hydrogens is 402 g/mol. The van der Waals surface area contributed by atoms with E-state index in [1.807, 2.05) is 0 Å². The van der Waals surface area contributed by atoms with E-state index in [-0.39, 0.29) is 19.6 Å². The summed E-state index contributed by atoms with van der Waals surface area (Å²) in [6.45, 7) is 6.55. The zero-order chi connectivity index (χ0) is 23.4. The van der Waals surface area contributed by atoms with Crippen LogP contribution in [0.4, 0.5) is 4.79 Å². The van der Waals surface area contributed by atoms with Crippen LogP contribution >= 0.6 is 0 Å². The van der Waals surface area contributed by atoms with Crippen molar-refractivity contribution in [2.45, 2.75) is 45.8 Å². The fourth-order valence-corrected chi connectivity index (χ4v) is 2.51. The molecule has 2 N–H and O–H groups in total. The van der Waals surface area contributed by atoms with Gasteiger partial charge in [-0.25, -0.2) is 4.79 Å². The van der Waals surface area contributed by atoms with Crippen LogP contribution in [0.15, 0.2) is 30.3 Å². The SMILES string of the molecule is C#CN(C(=O)CNC(=O)OC(C)(C)C)C(C(=O)NCCC(=O)OCC)c1ccccc1. The van der Waals surface area contributed by atoms with Crippen LogP contribution in [0.25, 0.3) is 0 Å². The molecule has 1 unspecified atom stereocenters. The predicted octanol–water partition coefficient (Wildman–Crippen LogP) is 1.74. The third kappa shape index (κ3) is 9.21. The highest BCUT2D eigenvalue weighted by molar-refractivity contribution is 5.91. The van der Waals surface area contributed by atoms with Gasteiger partial charge in [-0.3, -0.25) is 19.3 Å². The number of hydrogen-bond donors (Lipinski definition) is 2. The Morgan fingerprint density at radius 1 is 1.13 bits per heavy atom. The van der Waals surface area contributed by atoms with Gasteiger partial charge in [0.15, 0.2) is 0 Å². The van der Waals surface area contributed by atoms with Crippen LogP contribution in [0.1, 0.15) is 45.7 Å². The number of alkyl carbamates (subject to hydrolysis) is 1. The number of nitrogens with one attached hydrogen (secondary N) is 2. The highest BCUT2D eigenvalue weighted by Crippen LogP contribution is 2.20. The first-order valence-electron chi connectivity index (χ1n) is 9.82. The normalized spacial score (nSPS) is 11.5. The maximum Gasteiger partial charge on any atom is 0.408 e. The first-order chi connectivity index (χ1) is 14.6. The molecule has 0 bridgehead atoms. The van der Waals surface area contributed by atoms with Gasteiger partial charge < -0.3 is 20.1 Å². The summed E-state index contributed by atoms with van der Waals surface area (Å²) in [7, 11) is 0. The summed E-state index contributed by atoms with van der Waals surface area (Å²) in [4.78, 5) is 49.7. The molecular formula is C22H29N3O6. The monoisotopic (exact) mass is 431 g/mol. The van der Waals surface area contributed by atoms with Gasteiger partial charge >= 0.3 is 12.1 Å². The minimum Gasteiger partial charge on any atom is -0.466 e. The van der Waals surface area contributed by atoms with Crippen LogP contribution in [-0.4, -0.2) is 54.1 Å². The second kappa shape index (κ2) is 12.2. The average molecular weight is 431 g/mol. The molecule has 0 radical (unpaired) electrons. The van der Waals surface area contributed by atoms with Crippen LogP contribution in [-0.2, 0) is 23.9 Å². The number of benzene rings is 1. The van der Waals surface area contributed by atoms with Crippen LogP contribution in [0.2, 0.25) is 0 Å². The van der Waals surface area contributed by atoms with Crippen molar-refractivity contribution in [3.8, 4) is 12.5 Å². The van der Waals surface area contributed by atoms with Gasteiger partial charge in [-0.05, 0) is 33.3 Å². The third-order valence-corrected chi connectivity index (χ3v) is 3.75. The molecule has 1 atom stereocenters. The molecule has 9 heteroatoms. The largest absolute Gasteiger partial charge is 0.466 e. The van der Waals surface area contributed by atoms with Gasteiger partial charge in [-0.15, -0.1) is 0 Å². The number of nitrogens with zero attached hydrogens (tertiary/aromatic N) is 1. The van der Waals surface area contributed by atoms with E-state index < -0.39 is 42.1 Å². The van der Waals surface area contributed by atoms with Crippen molar-refractivity contribution in [3.05, 3.63) is 35.9 Å². The lowest BCUT2D eigenvalue weighted by atomic mass is 10.0. The molecule has 0 saturated carbocycles. The smallest absolute Gasteiger partial charge is 0.408 e. The van der Waals surface area contributed by atoms with E-state index >= 15 is 0 Å². The number of carbonyl (C=O) groups excluding carboxylic acids is 4. The molecule has 31 heavy (non-hydrogen) atoms. The lowest BCUT2D eigenvalue weighted by Gasteiger charge is -2.26. The second-order valence-electron chi connectivity index (χ2n) is 7.41. The van der Waals surface area contributed by atoms with Crippen molar-refractivity contribution in [2.75, 3.05) is 19.7 Å². The quantitative estimate of drug-likeness (QED) is 0.350. The topological polar surface area (TPSA) is 114 Å². The highest BCUT2D eigenvalue weighted by atomic mass is 16.6. The molecule has 3 amide bonds. The van der Waals surface area contributed by atoms with Crippen molar-refractivity contribution in [1.29, 1.82) is 0 Å². The maximum absolute atomic E-state index is 12.8. The Morgan fingerprint density at radius 2 is 1.77 bits per heavy atom. The standard InChI is InChI=1S/C22H29N3O6/c1-6-25(17(26)15-24-21(29)31-22(3,4)5)19(16-11-9-8-10-12-16)20(28)23-14-13-18(27)30-7-2/h1,8-12,19H,7,13-15H2,2-5H3,(H,23,28)(H,24,29).